The van der Waals surface area contributed by atoms with Gasteiger partial charge in [-0.1, -0.05) is 32.6 Å². The van der Waals surface area contributed by atoms with Crippen molar-refractivity contribution in [3.8, 4) is 0 Å². The van der Waals surface area contributed by atoms with Gasteiger partial charge in [0.25, 0.3) is 0 Å². The van der Waals surface area contributed by atoms with Gasteiger partial charge in [-0.3, -0.25) is 4.79 Å². The van der Waals surface area contributed by atoms with Gasteiger partial charge in [0.15, 0.2) is 0 Å². The van der Waals surface area contributed by atoms with E-state index in [-0.39, 0.29) is 36.0 Å². The predicted molar refractivity (Wildman–Crippen MR) is 167 cm³/mol. The minimum atomic E-state index is -0.898. The van der Waals surface area contributed by atoms with E-state index >= 15 is 0 Å². The van der Waals surface area contributed by atoms with Crippen LogP contribution in [0.15, 0.2) is 0 Å². The van der Waals surface area contributed by atoms with Crippen molar-refractivity contribution in [2.24, 2.45) is 28.7 Å². The number of piperidine rings is 1. The monoisotopic (exact) mass is 583 g/mol. The third-order valence-corrected chi connectivity index (χ3v) is 9.91. The van der Waals surface area contributed by atoms with Crippen molar-refractivity contribution in [1.29, 1.82) is 0 Å². The maximum absolute atomic E-state index is 14.7. The van der Waals surface area contributed by atoms with Gasteiger partial charge in [-0.15, -0.1) is 0 Å². The lowest BCUT2D eigenvalue weighted by molar-refractivity contribution is -0.128. The molecule has 240 valence electrons. The molecule has 41 heavy (non-hydrogen) atoms. The second-order valence-corrected chi connectivity index (χ2v) is 13.7. The summed E-state index contributed by atoms with van der Waals surface area (Å²) in [6, 6.07) is -0.0882. The van der Waals surface area contributed by atoms with Crippen LogP contribution < -0.4 is 38.1 Å². The van der Waals surface area contributed by atoms with Crippen LogP contribution in [0.4, 0.5) is 4.39 Å². The Hall–Kier alpha value is -0.880. The second kappa shape index (κ2) is 18.0. The zero-order valence-corrected chi connectivity index (χ0v) is 26.4. The molecule has 9 N–H and O–H groups in total. The van der Waals surface area contributed by atoms with E-state index in [1.54, 1.807) is 0 Å². The molecule has 0 bridgehead atoms. The molecule has 1 spiro atoms. The number of amides is 1. The number of nitrogens with zero attached hydrogens (tertiary/aromatic N) is 1. The van der Waals surface area contributed by atoms with Crippen molar-refractivity contribution >= 4 is 5.91 Å². The Balaban J connectivity index is 1.61. The Morgan fingerprint density at radius 1 is 1.07 bits per heavy atom. The number of carbonyl (C=O) groups excluding carboxylic acids is 1. The molecule has 2 saturated heterocycles. The highest BCUT2D eigenvalue weighted by atomic mass is 19.1. The molecule has 3 aliphatic rings. The molecule has 1 amide bonds. The van der Waals surface area contributed by atoms with Crippen molar-refractivity contribution in [1.82, 2.24) is 31.5 Å². The van der Waals surface area contributed by atoms with E-state index in [0.29, 0.717) is 18.9 Å². The molecule has 3 rings (SSSR count). The number of carbonyl (C=O) groups is 1. The van der Waals surface area contributed by atoms with Gasteiger partial charge in [-0.25, -0.2) is 4.39 Å². The molecule has 6 atom stereocenters. The number of nitrogens with one attached hydrogen (secondary N) is 5. The summed E-state index contributed by atoms with van der Waals surface area (Å²) in [7, 11) is 4.26. The van der Waals surface area contributed by atoms with Crippen LogP contribution in [0.5, 0.6) is 0 Å². The summed E-state index contributed by atoms with van der Waals surface area (Å²) in [6.45, 7) is 8.17. The number of hydrogen-bond acceptors (Lipinski definition) is 8. The Morgan fingerprint density at radius 2 is 1.85 bits per heavy atom. The molecule has 2 heterocycles. The number of hydrogen-bond donors (Lipinski definition) is 7. The fraction of sp³-hybridized carbons (Fsp3) is 0.968. The topological polar surface area (TPSA) is 132 Å². The first-order valence-electron chi connectivity index (χ1n) is 16.7. The third-order valence-electron chi connectivity index (χ3n) is 9.91. The molecule has 0 aromatic heterocycles. The third kappa shape index (κ3) is 11.6. The highest BCUT2D eigenvalue weighted by molar-refractivity contribution is 5.80. The van der Waals surface area contributed by atoms with Crippen molar-refractivity contribution in [3.63, 3.8) is 0 Å². The smallest absolute Gasteiger partial charge is 0.227 e. The maximum atomic E-state index is 14.7. The molecule has 0 radical (unpaired) electrons. The summed E-state index contributed by atoms with van der Waals surface area (Å²) in [6.07, 6.45) is 11.0. The summed E-state index contributed by atoms with van der Waals surface area (Å²) in [4.78, 5) is 16.1. The average molecular weight is 583 g/mol. The van der Waals surface area contributed by atoms with Gasteiger partial charge in [0.1, 0.15) is 6.17 Å². The molecule has 1 aliphatic carbocycles. The quantitative estimate of drug-likeness (QED) is 0.108. The van der Waals surface area contributed by atoms with Gasteiger partial charge in [-0.2, -0.15) is 0 Å². The lowest BCUT2D eigenvalue weighted by Crippen LogP contribution is -2.64. The molecule has 0 aromatic rings. The normalized spacial score (nSPS) is 28.5. The molecule has 9 nitrogen and oxygen atoms in total. The van der Waals surface area contributed by atoms with Crippen LogP contribution in [0, 0.1) is 17.3 Å². The maximum Gasteiger partial charge on any atom is 0.227 e. The van der Waals surface area contributed by atoms with Crippen LogP contribution in [0.25, 0.3) is 0 Å². The number of halogens is 1. The van der Waals surface area contributed by atoms with Crippen molar-refractivity contribution in [2.75, 3.05) is 59.9 Å². The number of unbranched alkanes of at least 4 members (excludes halogenated alkanes) is 2. The Labute approximate surface area is 249 Å². The van der Waals surface area contributed by atoms with Crippen molar-refractivity contribution < 1.29 is 9.18 Å². The molecule has 10 heteroatoms. The molecular weight excluding hydrogens is 519 g/mol. The fourth-order valence-corrected chi connectivity index (χ4v) is 7.32. The van der Waals surface area contributed by atoms with E-state index in [1.807, 2.05) is 0 Å². The van der Waals surface area contributed by atoms with Crippen molar-refractivity contribution in [3.05, 3.63) is 0 Å². The Kier molecular flexibility index (Phi) is 15.2. The van der Waals surface area contributed by atoms with E-state index in [1.165, 1.54) is 32.1 Å². The van der Waals surface area contributed by atoms with E-state index in [2.05, 4.69) is 52.5 Å². The standard InChI is InChI=1S/C31H63FN8O/c1-4-5-8-15-35-19-23(11-17-40(2)3)20-37-25-10-16-36-22-27(25)39-30(41)28(29(33)34)26-18-31(12-6-7-13-31)14-9-24(32)21-38-26/h23-29,35-38H,4-22,33-34H2,1-3H3,(H,39,41). The highest BCUT2D eigenvalue weighted by Crippen LogP contribution is 2.47. The van der Waals surface area contributed by atoms with Crippen LogP contribution in [-0.4, -0.2) is 101 Å². The second-order valence-electron chi connectivity index (χ2n) is 13.7. The van der Waals surface area contributed by atoms with E-state index in [9.17, 15) is 9.18 Å². The number of nitrogens with two attached hydrogens (primary N) is 2. The Morgan fingerprint density at radius 3 is 2.56 bits per heavy atom. The van der Waals surface area contributed by atoms with Crippen LogP contribution >= 0.6 is 0 Å². The summed E-state index contributed by atoms with van der Waals surface area (Å²) < 4.78 is 14.7. The molecular formula is C31H63FN8O. The summed E-state index contributed by atoms with van der Waals surface area (Å²) in [5, 5.41) is 17.7. The van der Waals surface area contributed by atoms with Gasteiger partial charge in [0.2, 0.25) is 5.91 Å². The van der Waals surface area contributed by atoms with E-state index < -0.39 is 18.3 Å². The molecule has 2 aliphatic heterocycles. The van der Waals surface area contributed by atoms with Gasteiger partial charge in [0, 0.05) is 25.2 Å². The van der Waals surface area contributed by atoms with Crippen LogP contribution in [0.3, 0.4) is 0 Å². The highest BCUT2D eigenvalue weighted by Gasteiger charge is 2.43. The van der Waals surface area contributed by atoms with Gasteiger partial charge >= 0.3 is 0 Å². The number of rotatable bonds is 16. The van der Waals surface area contributed by atoms with Crippen molar-refractivity contribution in [2.45, 2.75) is 114 Å². The Bertz CT molecular complexity index is 735. The van der Waals surface area contributed by atoms with E-state index in [4.69, 9.17) is 11.5 Å². The summed E-state index contributed by atoms with van der Waals surface area (Å²) >= 11 is 0. The first kappa shape index (κ1) is 34.6. The average Bonchev–Trinajstić information content (AvgIpc) is 3.40. The minimum absolute atomic E-state index is 0.0487. The largest absolute Gasteiger partial charge is 0.350 e. The molecule has 0 aromatic carbocycles. The molecule has 3 fully saturated rings. The van der Waals surface area contributed by atoms with Gasteiger partial charge in [0.05, 0.1) is 18.1 Å². The molecule has 1 saturated carbocycles. The van der Waals surface area contributed by atoms with Crippen LogP contribution in [0.2, 0.25) is 0 Å². The fourth-order valence-electron chi connectivity index (χ4n) is 7.32. The minimum Gasteiger partial charge on any atom is -0.350 e. The lowest BCUT2D eigenvalue weighted by atomic mass is 9.72. The van der Waals surface area contributed by atoms with Crippen LogP contribution in [-0.2, 0) is 4.79 Å². The molecule has 6 unspecified atom stereocenters. The zero-order chi connectivity index (χ0) is 29.7. The predicted octanol–water partition coefficient (Wildman–Crippen LogP) is 1.67. The van der Waals surface area contributed by atoms with Crippen LogP contribution in [0.1, 0.15) is 84.0 Å². The summed E-state index contributed by atoms with van der Waals surface area (Å²) in [5.74, 6) is -0.185. The first-order chi connectivity index (χ1) is 19.7. The van der Waals surface area contributed by atoms with E-state index in [0.717, 1.165) is 71.2 Å². The lowest BCUT2D eigenvalue weighted by Gasteiger charge is -2.41. The summed E-state index contributed by atoms with van der Waals surface area (Å²) in [5.41, 5.74) is 12.7. The van der Waals surface area contributed by atoms with Gasteiger partial charge < -0.3 is 43.0 Å². The van der Waals surface area contributed by atoms with Gasteiger partial charge in [-0.05, 0) is 110 Å². The number of alkyl halides is 1. The first-order valence-corrected chi connectivity index (χ1v) is 16.7. The zero-order valence-electron chi connectivity index (χ0n) is 26.4. The SMILES string of the molecule is CCCCCNCC(CCN(C)C)CNC1CCNCC1NC(=O)C(C(N)N)C1CC2(CCCC2)CCC(F)CN1.